The third-order valence-corrected chi connectivity index (χ3v) is 6.90. The number of urea groups is 1. The van der Waals surface area contributed by atoms with Gasteiger partial charge in [-0.05, 0) is 37.5 Å². The highest BCUT2D eigenvalue weighted by Gasteiger charge is 2.30. The van der Waals surface area contributed by atoms with Crippen molar-refractivity contribution in [3.8, 4) is 5.69 Å². The molecule has 2 aromatic rings. The van der Waals surface area contributed by atoms with Crippen molar-refractivity contribution in [3.05, 3.63) is 69.7 Å². The van der Waals surface area contributed by atoms with Crippen molar-refractivity contribution in [1.82, 2.24) is 14.8 Å². The van der Waals surface area contributed by atoms with Crippen LogP contribution in [0.1, 0.15) is 19.3 Å². The number of carbonyl (C=O) groups excluding carboxylic acids is 2. The van der Waals surface area contributed by atoms with Crippen molar-refractivity contribution < 1.29 is 14.0 Å². The first-order chi connectivity index (χ1) is 15.4. The van der Waals surface area contributed by atoms with Gasteiger partial charge in [-0.1, -0.05) is 12.1 Å². The number of likely N-dealkylation sites (tertiary alicyclic amines) is 1. The van der Waals surface area contributed by atoms with Crippen LogP contribution in [0.2, 0.25) is 0 Å². The van der Waals surface area contributed by atoms with Crippen LogP contribution in [-0.2, 0) is 4.79 Å². The second-order valence-corrected chi connectivity index (χ2v) is 9.56. The van der Waals surface area contributed by atoms with E-state index in [-0.39, 0.29) is 27.9 Å². The summed E-state index contributed by atoms with van der Waals surface area (Å²) in [6.45, 7) is 0.835. The van der Waals surface area contributed by atoms with Crippen LogP contribution < -0.4 is 16.2 Å². The summed E-state index contributed by atoms with van der Waals surface area (Å²) >= 11 is 7.33. The number of nitrogens with one attached hydrogen (secondary N) is 2. The van der Waals surface area contributed by atoms with Crippen LogP contribution in [0.5, 0.6) is 0 Å². The Morgan fingerprint density at radius 2 is 2.09 bits per heavy atom. The van der Waals surface area contributed by atoms with E-state index in [1.807, 2.05) is 6.08 Å². The SMILES string of the molecule is O=C(NCC1CCCN1C(=O)Nc1ccc(-n2ccccc2=O)cc1F)C1=CCC(Cl)S1. The smallest absolute Gasteiger partial charge is 0.322 e. The fourth-order valence-electron chi connectivity index (χ4n) is 3.78. The second-order valence-electron chi connectivity index (χ2n) is 7.53. The Balaban J connectivity index is 1.38. The lowest BCUT2D eigenvalue weighted by molar-refractivity contribution is -0.117. The molecule has 2 atom stereocenters. The molecule has 0 bridgehead atoms. The fraction of sp³-hybridized carbons (Fsp3) is 0.318. The first-order valence-electron chi connectivity index (χ1n) is 10.3. The third-order valence-electron chi connectivity index (χ3n) is 5.40. The highest BCUT2D eigenvalue weighted by atomic mass is 35.5. The van der Waals surface area contributed by atoms with Crippen molar-refractivity contribution in [2.45, 2.75) is 30.0 Å². The standard InChI is InChI=1S/C22H22ClFN4O3S/c23-19-9-8-18(32-19)21(30)25-13-15-4-3-11-28(15)22(31)26-17-7-6-14(12-16(17)24)27-10-2-1-5-20(27)29/h1-2,5-8,10,12,15,19H,3-4,9,11,13H2,(H,25,30)(H,26,31). The van der Waals surface area contributed by atoms with Gasteiger partial charge in [0.1, 0.15) is 5.82 Å². The summed E-state index contributed by atoms with van der Waals surface area (Å²) in [4.78, 5) is 39.2. The molecule has 3 amide bonds. The van der Waals surface area contributed by atoms with Gasteiger partial charge in [-0.15, -0.1) is 23.4 Å². The molecular weight excluding hydrogens is 455 g/mol. The van der Waals surface area contributed by atoms with Gasteiger partial charge in [0.15, 0.2) is 0 Å². The van der Waals surface area contributed by atoms with Crippen LogP contribution in [0.25, 0.3) is 5.69 Å². The molecule has 1 aromatic carbocycles. The number of rotatable bonds is 5. The quantitative estimate of drug-likeness (QED) is 0.645. The van der Waals surface area contributed by atoms with E-state index in [2.05, 4.69) is 10.6 Å². The largest absolute Gasteiger partial charge is 0.350 e. The molecule has 0 spiro atoms. The Kier molecular flexibility index (Phi) is 6.86. The van der Waals surface area contributed by atoms with Gasteiger partial charge in [0, 0.05) is 31.4 Å². The summed E-state index contributed by atoms with van der Waals surface area (Å²) in [6, 6.07) is 8.27. The number of nitrogens with zero attached hydrogens (tertiary/aromatic N) is 2. The predicted octanol–water partition coefficient (Wildman–Crippen LogP) is 3.67. The van der Waals surface area contributed by atoms with Gasteiger partial charge in [0.05, 0.1) is 27.0 Å². The van der Waals surface area contributed by atoms with E-state index < -0.39 is 11.8 Å². The third kappa shape index (κ3) is 4.99. The second kappa shape index (κ2) is 9.79. The van der Waals surface area contributed by atoms with Gasteiger partial charge in [0.25, 0.3) is 11.5 Å². The number of aromatic nitrogens is 1. The van der Waals surface area contributed by atoms with Gasteiger partial charge in [-0.2, -0.15) is 0 Å². The molecule has 1 aromatic heterocycles. The number of halogens is 2. The van der Waals surface area contributed by atoms with Gasteiger partial charge in [-0.25, -0.2) is 9.18 Å². The van der Waals surface area contributed by atoms with Gasteiger partial charge >= 0.3 is 6.03 Å². The molecule has 2 aliphatic rings. The molecule has 0 saturated carbocycles. The van der Waals surface area contributed by atoms with Gasteiger partial charge in [-0.3, -0.25) is 14.2 Å². The summed E-state index contributed by atoms with van der Waals surface area (Å²) in [5.41, 5.74) is 0.114. The Bertz CT molecular complexity index is 1120. The van der Waals surface area contributed by atoms with E-state index in [0.717, 1.165) is 12.8 Å². The summed E-state index contributed by atoms with van der Waals surface area (Å²) in [6.07, 6.45) is 5.55. The minimum absolute atomic E-state index is 0.0260. The van der Waals surface area contributed by atoms with Crippen LogP contribution in [0.15, 0.2) is 58.4 Å². The molecule has 1 fully saturated rings. The van der Waals surface area contributed by atoms with Crippen LogP contribution in [0.4, 0.5) is 14.9 Å². The van der Waals surface area contributed by atoms with Crippen LogP contribution in [0, 0.1) is 5.82 Å². The molecule has 2 N–H and O–H groups in total. The molecule has 2 unspecified atom stereocenters. The highest BCUT2D eigenvalue weighted by molar-refractivity contribution is 8.05. The monoisotopic (exact) mass is 476 g/mol. The minimum Gasteiger partial charge on any atom is -0.350 e. The summed E-state index contributed by atoms with van der Waals surface area (Å²) in [5.74, 6) is -0.834. The molecule has 32 heavy (non-hydrogen) atoms. The number of allylic oxidation sites excluding steroid dienone is 1. The molecule has 4 rings (SSSR count). The number of benzene rings is 1. The number of thioether (sulfide) groups is 1. The maximum absolute atomic E-state index is 14.6. The lowest BCUT2D eigenvalue weighted by Gasteiger charge is -2.25. The highest BCUT2D eigenvalue weighted by Crippen LogP contribution is 2.34. The molecular formula is C22H22ClFN4O3S. The molecule has 3 heterocycles. The first-order valence-corrected chi connectivity index (χ1v) is 11.6. The topological polar surface area (TPSA) is 83.4 Å². The number of carbonyl (C=O) groups is 2. The Morgan fingerprint density at radius 3 is 2.81 bits per heavy atom. The summed E-state index contributed by atoms with van der Waals surface area (Å²) in [5, 5.41) is 5.47. The van der Waals surface area contributed by atoms with Crippen molar-refractivity contribution in [2.75, 3.05) is 18.4 Å². The average Bonchev–Trinajstić information content (AvgIpc) is 3.43. The molecule has 2 aliphatic heterocycles. The van der Waals surface area contributed by atoms with Crippen molar-refractivity contribution >= 4 is 41.0 Å². The normalized spacial score (nSPS) is 20.2. The van der Waals surface area contributed by atoms with Gasteiger partial charge in [0.2, 0.25) is 0 Å². The van der Waals surface area contributed by atoms with E-state index in [4.69, 9.17) is 11.6 Å². The number of pyridine rings is 1. The summed E-state index contributed by atoms with van der Waals surface area (Å²) in [7, 11) is 0. The Labute approximate surface area is 193 Å². The zero-order chi connectivity index (χ0) is 22.7. The number of amides is 3. The van der Waals surface area contributed by atoms with E-state index in [0.29, 0.717) is 30.1 Å². The molecule has 168 valence electrons. The molecule has 1 saturated heterocycles. The number of hydrogen-bond acceptors (Lipinski definition) is 4. The molecule has 10 heteroatoms. The van der Waals surface area contributed by atoms with Crippen molar-refractivity contribution in [2.24, 2.45) is 0 Å². The van der Waals surface area contributed by atoms with Crippen LogP contribution in [0.3, 0.4) is 0 Å². The Hall–Kier alpha value is -2.78. The van der Waals surface area contributed by atoms with Crippen molar-refractivity contribution in [1.29, 1.82) is 0 Å². The Morgan fingerprint density at radius 1 is 1.25 bits per heavy atom. The first kappa shape index (κ1) is 22.4. The number of alkyl halides is 1. The average molecular weight is 477 g/mol. The van der Waals surface area contributed by atoms with Crippen molar-refractivity contribution in [3.63, 3.8) is 0 Å². The predicted molar refractivity (Wildman–Crippen MR) is 124 cm³/mol. The number of anilines is 1. The number of hydrogen-bond donors (Lipinski definition) is 2. The lowest BCUT2D eigenvalue weighted by Crippen LogP contribution is -2.45. The van der Waals surface area contributed by atoms with E-state index in [1.165, 1.54) is 34.5 Å². The van der Waals surface area contributed by atoms with Gasteiger partial charge < -0.3 is 15.5 Å². The van der Waals surface area contributed by atoms with E-state index in [1.54, 1.807) is 29.3 Å². The molecule has 7 nitrogen and oxygen atoms in total. The lowest BCUT2D eigenvalue weighted by atomic mass is 10.2. The molecule has 0 radical (unpaired) electrons. The van der Waals surface area contributed by atoms with E-state index in [9.17, 15) is 18.8 Å². The zero-order valence-electron chi connectivity index (χ0n) is 17.1. The summed E-state index contributed by atoms with van der Waals surface area (Å²) < 4.78 is 15.8. The molecule has 0 aliphatic carbocycles. The maximum Gasteiger partial charge on any atom is 0.322 e. The minimum atomic E-state index is -0.642. The van der Waals surface area contributed by atoms with E-state index >= 15 is 0 Å². The maximum atomic E-state index is 14.6. The fourth-order valence-corrected chi connectivity index (χ4v) is 4.99. The van der Waals surface area contributed by atoms with Crippen LogP contribution >= 0.6 is 23.4 Å². The van der Waals surface area contributed by atoms with Crippen LogP contribution in [-0.4, -0.2) is 45.2 Å². The zero-order valence-corrected chi connectivity index (χ0v) is 18.7.